The molecule has 0 aliphatic carbocycles. The third-order valence-electron chi connectivity index (χ3n) is 2.44. The zero-order valence-corrected chi connectivity index (χ0v) is 12.8. The van der Waals surface area contributed by atoms with Gasteiger partial charge in [-0.05, 0) is 20.8 Å². The molecular formula is C13H17ClN2O4. The summed E-state index contributed by atoms with van der Waals surface area (Å²) in [5.41, 5.74) is -0.545. The van der Waals surface area contributed by atoms with Crippen LogP contribution in [-0.4, -0.2) is 34.9 Å². The fourth-order valence-corrected chi connectivity index (χ4v) is 1.95. The van der Waals surface area contributed by atoms with E-state index >= 15 is 0 Å². The Balaban J connectivity index is 3.13. The van der Waals surface area contributed by atoms with Crippen molar-refractivity contribution in [3.8, 4) is 0 Å². The van der Waals surface area contributed by atoms with E-state index in [4.69, 9.17) is 11.6 Å². The van der Waals surface area contributed by atoms with Crippen LogP contribution < -0.4 is 5.32 Å². The molecule has 110 valence electrons. The lowest BCUT2D eigenvalue weighted by Crippen LogP contribution is -2.44. The Morgan fingerprint density at radius 1 is 1.30 bits per heavy atom. The number of aromatic nitrogens is 1. The van der Waals surface area contributed by atoms with Crippen molar-refractivity contribution in [1.29, 1.82) is 0 Å². The van der Waals surface area contributed by atoms with E-state index in [0.717, 1.165) is 0 Å². The van der Waals surface area contributed by atoms with E-state index in [2.05, 4.69) is 10.1 Å². The molecule has 0 bridgehead atoms. The second-order valence-corrected chi connectivity index (χ2v) is 5.72. The van der Waals surface area contributed by atoms with E-state index in [-0.39, 0.29) is 16.3 Å². The number of Topliss-reactive ketones (excluding diaryl/α,β-unsaturated/α-hetero) is 1. The van der Waals surface area contributed by atoms with Gasteiger partial charge in [-0.1, -0.05) is 11.6 Å². The van der Waals surface area contributed by atoms with E-state index in [0.29, 0.717) is 0 Å². The minimum Gasteiger partial charge on any atom is -0.464 e. The zero-order chi connectivity index (χ0) is 15.7. The topological polar surface area (TPSA) is 77.4 Å². The van der Waals surface area contributed by atoms with Gasteiger partial charge in [0.2, 0.25) is 0 Å². The number of ketones is 1. The summed E-state index contributed by atoms with van der Waals surface area (Å²) in [4.78, 5) is 35.4. The Morgan fingerprint density at radius 2 is 1.85 bits per heavy atom. The Labute approximate surface area is 122 Å². The van der Waals surface area contributed by atoms with Crippen LogP contribution in [-0.2, 0) is 16.6 Å². The van der Waals surface area contributed by atoms with E-state index in [9.17, 15) is 14.4 Å². The van der Waals surface area contributed by atoms with Crippen molar-refractivity contribution < 1.29 is 19.1 Å². The molecule has 0 saturated heterocycles. The lowest BCUT2D eigenvalue weighted by molar-refractivity contribution is -0.118. The first kappa shape index (κ1) is 16.2. The largest absolute Gasteiger partial charge is 0.464 e. The van der Waals surface area contributed by atoms with Crippen molar-refractivity contribution in [2.45, 2.75) is 26.3 Å². The molecule has 0 unspecified atom stereocenters. The maximum Gasteiger partial charge on any atom is 0.356 e. The Bertz CT molecular complexity index is 570. The van der Waals surface area contributed by atoms with Gasteiger partial charge in [-0.15, -0.1) is 0 Å². The predicted octanol–water partition coefficient (Wildman–Crippen LogP) is 1.56. The molecule has 1 heterocycles. The zero-order valence-electron chi connectivity index (χ0n) is 12.0. The summed E-state index contributed by atoms with van der Waals surface area (Å²) in [7, 11) is 2.75. The highest BCUT2D eigenvalue weighted by atomic mass is 35.5. The number of rotatable bonds is 3. The first-order valence-electron chi connectivity index (χ1n) is 5.88. The van der Waals surface area contributed by atoms with Crippen LogP contribution in [0.15, 0.2) is 6.20 Å². The molecule has 1 aromatic heterocycles. The van der Waals surface area contributed by atoms with Crippen LogP contribution >= 0.6 is 11.6 Å². The fraction of sp³-hybridized carbons (Fsp3) is 0.462. The van der Waals surface area contributed by atoms with E-state index in [1.807, 2.05) is 0 Å². The number of halogens is 1. The van der Waals surface area contributed by atoms with Crippen molar-refractivity contribution in [2.24, 2.45) is 7.05 Å². The van der Waals surface area contributed by atoms with E-state index in [1.54, 1.807) is 20.8 Å². The molecule has 20 heavy (non-hydrogen) atoms. The van der Waals surface area contributed by atoms with Crippen molar-refractivity contribution in [3.05, 3.63) is 22.5 Å². The summed E-state index contributed by atoms with van der Waals surface area (Å²) in [6.07, 6.45) is 1.33. The summed E-state index contributed by atoms with van der Waals surface area (Å²) in [6, 6.07) is 0. The Kier molecular flexibility index (Phi) is 4.60. The molecule has 0 saturated carbocycles. The van der Waals surface area contributed by atoms with Gasteiger partial charge in [0.15, 0.2) is 0 Å². The van der Waals surface area contributed by atoms with Gasteiger partial charge in [-0.2, -0.15) is 0 Å². The fourth-order valence-electron chi connectivity index (χ4n) is 1.61. The van der Waals surface area contributed by atoms with Crippen molar-refractivity contribution in [1.82, 2.24) is 9.88 Å². The maximum absolute atomic E-state index is 12.1. The standard InChI is InChI=1S/C13H17ClN2O4/c1-13(2,3)15-11(18)10(17)7-6-16(4)9(8(7)14)12(19)20-5/h6H,1-5H3,(H,15,18). The summed E-state index contributed by atoms with van der Waals surface area (Å²) >= 11 is 5.99. The molecule has 1 N–H and O–H groups in total. The molecule has 1 amide bonds. The number of nitrogens with one attached hydrogen (secondary N) is 1. The molecule has 7 heteroatoms. The lowest BCUT2D eigenvalue weighted by Gasteiger charge is -2.19. The minimum absolute atomic E-state index is 0.0288. The van der Waals surface area contributed by atoms with E-state index in [1.165, 1.54) is 24.9 Å². The third kappa shape index (κ3) is 3.39. The highest BCUT2D eigenvalue weighted by molar-refractivity contribution is 6.48. The summed E-state index contributed by atoms with van der Waals surface area (Å²) in [6.45, 7) is 5.26. The number of carbonyl (C=O) groups is 3. The summed E-state index contributed by atoms with van der Waals surface area (Å²) in [5, 5.41) is 2.45. The monoisotopic (exact) mass is 300 g/mol. The second-order valence-electron chi connectivity index (χ2n) is 5.34. The summed E-state index contributed by atoms with van der Waals surface area (Å²) < 4.78 is 5.93. The van der Waals surface area contributed by atoms with Crippen molar-refractivity contribution >= 4 is 29.3 Å². The molecule has 0 aromatic carbocycles. The number of nitrogens with zero attached hydrogens (tertiary/aromatic N) is 1. The van der Waals surface area contributed by atoms with Gasteiger partial charge >= 0.3 is 5.97 Å². The molecular weight excluding hydrogens is 284 g/mol. The molecule has 1 rings (SSSR count). The van der Waals surface area contributed by atoms with Crippen LogP contribution in [0.25, 0.3) is 0 Å². The highest BCUT2D eigenvalue weighted by Gasteiger charge is 2.28. The smallest absolute Gasteiger partial charge is 0.356 e. The van der Waals surface area contributed by atoms with Crippen LogP contribution in [0.3, 0.4) is 0 Å². The molecule has 0 aliphatic rings. The number of hydrogen-bond acceptors (Lipinski definition) is 4. The number of esters is 1. The average molecular weight is 301 g/mol. The molecule has 1 aromatic rings. The Morgan fingerprint density at radius 3 is 2.30 bits per heavy atom. The SMILES string of the molecule is COC(=O)c1c(Cl)c(C(=O)C(=O)NC(C)(C)C)cn1C. The van der Waals surface area contributed by atoms with Gasteiger partial charge in [0.25, 0.3) is 11.7 Å². The number of ether oxygens (including phenoxy) is 1. The molecule has 6 nitrogen and oxygen atoms in total. The third-order valence-corrected chi connectivity index (χ3v) is 2.82. The molecule has 0 radical (unpaired) electrons. The second kappa shape index (κ2) is 5.66. The number of methoxy groups -OCH3 is 1. The van der Waals surface area contributed by atoms with Crippen LogP contribution in [0, 0.1) is 0 Å². The molecule has 0 fully saturated rings. The van der Waals surface area contributed by atoms with Crippen molar-refractivity contribution in [3.63, 3.8) is 0 Å². The normalized spacial score (nSPS) is 11.1. The van der Waals surface area contributed by atoms with Gasteiger partial charge in [-0.25, -0.2) is 4.79 Å². The first-order chi connectivity index (χ1) is 9.08. The van der Waals surface area contributed by atoms with Crippen LogP contribution in [0.2, 0.25) is 5.02 Å². The van der Waals surface area contributed by atoms with Crippen LogP contribution in [0.5, 0.6) is 0 Å². The molecule has 0 spiro atoms. The van der Waals surface area contributed by atoms with Gasteiger partial charge in [0.05, 0.1) is 17.7 Å². The van der Waals surface area contributed by atoms with Crippen LogP contribution in [0.4, 0.5) is 0 Å². The number of hydrogen-bond donors (Lipinski definition) is 1. The van der Waals surface area contributed by atoms with Gasteiger partial charge in [0.1, 0.15) is 5.69 Å². The highest BCUT2D eigenvalue weighted by Crippen LogP contribution is 2.24. The Hall–Kier alpha value is -1.82. The maximum atomic E-state index is 12.1. The molecule has 0 aliphatic heterocycles. The van der Waals surface area contributed by atoms with Crippen LogP contribution in [0.1, 0.15) is 41.6 Å². The number of aryl methyl sites for hydroxylation is 1. The summed E-state index contributed by atoms with van der Waals surface area (Å²) in [5.74, 6) is -2.25. The average Bonchev–Trinajstić information content (AvgIpc) is 2.61. The van der Waals surface area contributed by atoms with Gasteiger partial charge < -0.3 is 14.6 Å². The predicted molar refractivity (Wildman–Crippen MR) is 74.0 cm³/mol. The van der Waals surface area contributed by atoms with Gasteiger partial charge in [-0.3, -0.25) is 9.59 Å². The first-order valence-corrected chi connectivity index (χ1v) is 6.26. The van der Waals surface area contributed by atoms with E-state index < -0.39 is 23.2 Å². The molecule has 0 atom stereocenters. The number of amides is 1. The van der Waals surface area contributed by atoms with Crippen molar-refractivity contribution in [2.75, 3.05) is 7.11 Å². The van der Waals surface area contributed by atoms with Gasteiger partial charge in [0, 0.05) is 18.8 Å². The minimum atomic E-state index is -0.796. The quantitative estimate of drug-likeness (QED) is 0.522. The lowest BCUT2D eigenvalue weighted by atomic mass is 10.1. The number of carbonyl (C=O) groups excluding carboxylic acids is 3.